The van der Waals surface area contributed by atoms with E-state index in [1.807, 2.05) is 47.2 Å². The van der Waals surface area contributed by atoms with Gasteiger partial charge in [0.25, 0.3) is 0 Å². The number of nitrogens with zero attached hydrogens (tertiary/aromatic N) is 2. The Morgan fingerprint density at radius 1 is 1.05 bits per heavy atom. The molecule has 5 heteroatoms. The maximum Gasteiger partial charge on any atom is 0.140 e. The lowest BCUT2D eigenvalue weighted by Gasteiger charge is -2.09. The highest BCUT2D eigenvalue weighted by Gasteiger charge is 2.07. The lowest BCUT2D eigenvalue weighted by atomic mass is 10.2. The highest BCUT2D eigenvalue weighted by atomic mass is 35.5. The van der Waals surface area contributed by atoms with E-state index in [0.29, 0.717) is 16.6 Å². The van der Waals surface area contributed by atoms with Crippen molar-refractivity contribution in [3.8, 4) is 11.4 Å². The molecule has 0 radical (unpaired) electrons. The number of imidazole rings is 1. The van der Waals surface area contributed by atoms with Gasteiger partial charge in [-0.2, -0.15) is 0 Å². The van der Waals surface area contributed by atoms with Crippen molar-refractivity contribution in [2.45, 2.75) is 6.54 Å². The number of aromatic nitrogens is 2. The largest absolute Gasteiger partial charge is 0.399 e. The van der Waals surface area contributed by atoms with Crippen LogP contribution in [0.4, 0.5) is 5.69 Å². The van der Waals surface area contributed by atoms with Crippen LogP contribution in [0, 0.1) is 0 Å². The molecule has 0 atom stereocenters. The summed E-state index contributed by atoms with van der Waals surface area (Å²) < 4.78 is 2.05. The molecular formula is C16H13Cl2N3. The summed E-state index contributed by atoms with van der Waals surface area (Å²) in [5.41, 5.74) is 8.60. The highest BCUT2D eigenvalue weighted by Crippen LogP contribution is 2.25. The fourth-order valence-electron chi connectivity index (χ4n) is 2.21. The number of hydrogen-bond acceptors (Lipinski definition) is 2. The molecule has 0 unspecified atom stereocenters. The normalized spacial score (nSPS) is 10.8. The minimum atomic E-state index is 0.555. The number of halogens is 2. The minimum absolute atomic E-state index is 0.555. The van der Waals surface area contributed by atoms with Crippen LogP contribution >= 0.6 is 23.2 Å². The molecule has 106 valence electrons. The zero-order chi connectivity index (χ0) is 14.8. The Bertz CT molecular complexity index is 781. The predicted octanol–water partition coefficient (Wildman–Crippen LogP) is 4.49. The quantitative estimate of drug-likeness (QED) is 0.723. The number of nitrogens with two attached hydrogens (primary N) is 1. The Balaban J connectivity index is 1.94. The van der Waals surface area contributed by atoms with Gasteiger partial charge in [-0.25, -0.2) is 4.98 Å². The van der Waals surface area contributed by atoms with E-state index in [9.17, 15) is 0 Å². The molecule has 0 saturated carbocycles. The van der Waals surface area contributed by atoms with E-state index in [1.54, 1.807) is 12.3 Å². The van der Waals surface area contributed by atoms with Gasteiger partial charge >= 0.3 is 0 Å². The monoisotopic (exact) mass is 317 g/mol. The molecule has 0 aliphatic rings. The van der Waals surface area contributed by atoms with E-state index < -0.39 is 0 Å². The summed E-state index contributed by atoms with van der Waals surface area (Å²) in [6.45, 7) is 0.668. The smallest absolute Gasteiger partial charge is 0.140 e. The second kappa shape index (κ2) is 5.80. The number of benzene rings is 2. The molecule has 21 heavy (non-hydrogen) atoms. The summed E-state index contributed by atoms with van der Waals surface area (Å²) in [5, 5.41) is 1.11. The van der Waals surface area contributed by atoms with Crippen molar-refractivity contribution in [2.75, 3.05) is 5.73 Å². The van der Waals surface area contributed by atoms with Crippen LogP contribution in [0.1, 0.15) is 5.56 Å². The molecule has 0 amide bonds. The molecule has 2 aromatic carbocycles. The maximum absolute atomic E-state index is 6.06. The SMILES string of the molecule is Nc1cccc(-c2nccn2Cc2ccc(Cl)c(Cl)c2)c1. The van der Waals surface area contributed by atoms with Crippen molar-refractivity contribution in [1.82, 2.24) is 9.55 Å². The summed E-state index contributed by atoms with van der Waals surface area (Å²) in [6.07, 6.45) is 3.71. The first kappa shape index (κ1) is 14.0. The molecule has 3 rings (SSSR count). The van der Waals surface area contributed by atoms with Crippen molar-refractivity contribution in [3.63, 3.8) is 0 Å². The van der Waals surface area contributed by atoms with Crippen LogP contribution in [-0.4, -0.2) is 9.55 Å². The third-order valence-corrected chi connectivity index (χ3v) is 3.94. The summed E-state index contributed by atoms with van der Waals surface area (Å²) in [7, 11) is 0. The second-order valence-corrected chi connectivity index (χ2v) is 5.57. The molecule has 1 heterocycles. The Hall–Kier alpha value is -1.97. The molecule has 1 aromatic heterocycles. The van der Waals surface area contributed by atoms with Crippen molar-refractivity contribution >= 4 is 28.9 Å². The Morgan fingerprint density at radius 2 is 1.90 bits per heavy atom. The van der Waals surface area contributed by atoms with E-state index in [1.165, 1.54) is 0 Å². The van der Waals surface area contributed by atoms with Gasteiger partial charge in [-0.05, 0) is 29.8 Å². The molecule has 2 N–H and O–H groups in total. The Labute approximate surface area is 132 Å². The predicted molar refractivity (Wildman–Crippen MR) is 87.6 cm³/mol. The maximum atomic E-state index is 6.06. The van der Waals surface area contributed by atoms with Crippen molar-refractivity contribution in [1.29, 1.82) is 0 Å². The average molecular weight is 318 g/mol. The van der Waals surface area contributed by atoms with Gasteiger partial charge in [0.2, 0.25) is 0 Å². The first-order valence-corrected chi connectivity index (χ1v) is 7.20. The zero-order valence-corrected chi connectivity index (χ0v) is 12.6. The fraction of sp³-hybridized carbons (Fsp3) is 0.0625. The Kier molecular flexibility index (Phi) is 3.86. The van der Waals surface area contributed by atoms with Gasteiger partial charge in [-0.1, -0.05) is 41.4 Å². The fourth-order valence-corrected chi connectivity index (χ4v) is 2.53. The lowest BCUT2D eigenvalue weighted by molar-refractivity contribution is 0.807. The first-order valence-electron chi connectivity index (χ1n) is 6.44. The van der Waals surface area contributed by atoms with Gasteiger partial charge in [0.05, 0.1) is 10.0 Å². The standard InChI is InChI=1S/C16H13Cl2N3/c17-14-5-4-11(8-15(14)18)10-21-7-6-20-16(21)12-2-1-3-13(19)9-12/h1-9H,10,19H2. The highest BCUT2D eigenvalue weighted by molar-refractivity contribution is 6.42. The number of anilines is 1. The third kappa shape index (κ3) is 3.04. The topological polar surface area (TPSA) is 43.8 Å². The van der Waals surface area contributed by atoms with Crippen LogP contribution in [0.25, 0.3) is 11.4 Å². The van der Waals surface area contributed by atoms with Crippen molar-refractivity contribution in [2.24, 2.45) is 0 Å². The van der Waals surface area contributed by atoms with E-state index in [2.05, 4.69) is 4.98 Å². The van der Waals surface area contributed by atoms with Gasteiger partial charge in [0, 0.05) is 30.2 Å². The summed E-state index contributed by atoms with van der Waals surface area (Å²) >= 11 is 12.0. The molecule has 0 bridgehead atoms. The summed E-state index contributed by atoms with van der Waals surface area (Å²) in [5.74, 6) is 0.869. The van der Waals surface area contributed by atoms with Gasteiger partial charge in [0.15, 0.2) is 0 Å². The van der Waals surface area contributed by atoms with Gasteiger partial charge in [-0.15, -0.1) is 0 Å². The molecule has 0 aliphatic heterocycles. The lowest BCUT2D eigenvalue weighted by Crippen LogP contribution is -2.01. The van der Waals surface area contributed by atoms with Crippen LogP contribution < -0.4 is 5.73 Å². The van der Waals surface area contributed by atoms with Crippen LogP contribution in [-0.2, 0) is 6.54 Å². The van der Waals surface area contributed by atoms with Gasteiger partial charge in [0.1, 0.15) is 5.82 Å². The third-order valence-electron chi connectivity index (χ3n) is 3.20. The zero-order valence-electron chi connectivity index (χ0n) is 11.1. The van der Waals surface area contributed by atoms with E-state index >= 15 is 0 Å². The van der Waals surface area contributed by atoms with Gasteiger partial charge in [-0.3, -0.25) is 0 Å². The van der Waals surface area contributed by atoms with E-state index in [4.69, 9.17) is 28.9 Å². The molecule has 0 saturated heterocycles. The molecule has 0 spiro atoms. The van der Waals surface area contributed by atoms with E-state index in [0.717, 1.165) is 22.6 Å². The van der Waals surface area contributed by atoms with Crippen LogP contribution in [0.15, 0.2) is 54.9 Å². The van der Waals surface area contributed by atoms with Crippen molar-refractivity contribution in [3.05, 3.63) is 70.5 Å². The minimum Gasteiger partial charge on any atom is -0.399 e. The first-order chi connectivity index (χ1) is 10.1. The molecule has 0 aliphatic carbocycles. The Morgan fingerprint density at radius 3 is 2.67 bits per heavy atom. The number of hydrogen-bond donors (Lipinski definition) is 1. The summed E-state index contributed by atoms with van der Waals surface area (Å²) in [6, 6.07) is 13.3. The van der Waals surface area contributed by atoms with Crippen LogP contribution in [0.5, 0.6) is 0 Å². The van der Waals surface area contributed by atoms with Crippen LogP contribution in [0.3, 0.4) is 0 Å². The second-order valence-electron chi connectivity index (χ2n) is 4.75. The number of nitrogen functional groups attached to an aromatic ring is 1. The van der Waals surface area contributed by atoms with Crippen LogP contribution in [0.2, 0.25) is 10.0 Å². The summed E-state index contributed by atoms with van der Waals surface area (Å²) in [4.78, 5) is 4.41. The van der Waals surface area contributed by atoms with Gasteiger partial charge < -0.3 is 10.3 Å². The number of rotatable bonds is 3. The van der Waals surface area contributed by atoms with Crippen molar-refractivity contribution < 1.29 is 0 Å². The molecule has 3 aromatic rings. The molecule has 3 nitrogen and oxygen atoms in total. The molecule has 0 fully saturated rings. The molecular weight excluding hydrogens is 305 g/mol. The van der Waals surface area contributed by atoms with E-state index in [-0.39, 0.29) is 0 Å². The average Bonchev–Trinajstić information content (AvgIpc) is 2.91.